The van der Waals surface area contributed by atoms with Crippen molar-refractivity contribution in [3.63, 3.8) is 0 Å². The van der Waals surface area contributed by atoms with Gasteiger partial charge in [0.15, 0.2) is 0 Å². The van der Waals surface area contributed by atoms with Crippen molar-refractivity contribution in [3.05, 3.63) is 10.1 Å². The lowest BCUT2D eigenvalue weighted by atomic mass is 9.97. The fraction of sp³-hybridized carbons (Fsp3) is 0.917. The SMILES string of the molecule is O=[N+]([O-])C1CCCCCCCCCCC1=NO. The largest absolute Gasteiger partial charge is 0.411 e. The predicted molar refractivity (Wildman–Crippen MR) is 66.2 cm³/mol. The normalized spacial score (nSPS) is 27.1. The first-order chi connectivity index (χ1) is 8.25. The van der Waals surface area contributed by atoms with Gasteiger partial charge in [0.2, 0.25) is 0 Å². The Hall–Kier alpha value is -1.13. The molecule has 1 N–H and O–H groups in total. The molecule has 1 unspecified atom stereocenters. The highest BCUT2D eigenvalue weighted by Crippen LogP contribution is 2.17. The average Bonchev–Trinajstić information content (AvgIpc) is 2.29. The molecule has 0 aliphatic heterocycles. The second-order valence-electron chi connectivity index (χ2n) is 4.76. The van der Waals surface area contributed by atoms with Crippen LogP contribution in [0, 0.1) is 10.1 Å². The lowest BCUT2D eigenvalue weighted by molar-refractivity contribution is -0.504. The molecule has 0 amide bonds. The van der Waals surface area contributed by atoms with Gasteiger partial charge < -0.3 is 5.21 Å². The molecular formula is C12H22N2O3. The number of oxime groups is 1. The monoisotopic (exact) mass is 242 g/mol. The summed E-state index contributed by atoms with van der Waals surface area (Å²) in [6.07, 6.45) is 9.77. The lowest BCUT2D eigenvalue weighted by Gasteiger charge is -2.12. The number of rotatable bonds is 1. The van der Waals surface area contributed by atoms with E-state index in [4.69, 9.17) is 5.21 Å². The van der Waals surface area contributed by atoms with Crippen LogP contribution in [0.2, 0.25) is 0 Å². The van der Waals surface area contributed by atoms with Crippen molar-refractivity contribution in [2.45, 2.75) is 70.3 Å². The van der Waals surface area contributed by atoms with Crippen molar-refractivity contribution < 1.29 is 10.1 Å². The second-order valence-corrected chi connectivity index (χ2v) is 4.76. The van der Waals surface area contributed by atoms with E-state index < -0.39 is 6.04 Å². The highest BCUT2D eigenvalue weighted by atomic mass is 16.6. The summed E-state index contributed by atoms with van der Waals surface area (Å²) < 4.78 is 0. The Morgan fingerprint density at radius 3 is 2.12 bits per heavy atom. The van der Waals surface area contributed by atoms with Gasteiger partial charge in [-0.25, -0.2) is 0 Å². The highest BCUT2D eigenvalue weighted by Gasteiger charge is 2.26. The summed E-state index contributed by atoms with van der Waals surface area (Å²) in [6, 6.07) is -0.778. The fourth-order valence-corrected chi connectivity index (χ4v) is 2.38. The zero-order valence-corrected chi connectivity index (χ0v) is 10.3. The molecule has 5 heteroatoms. The minimum atomic E-state index is -0.778. The first-order valence-electron chi connectivity index (χ1n) is 6.60. The topological polar surface area (TPSA) is 75.7 Å². The Labute approximate surface area is 102 Å². The van der Waals surface area contributed by atoms with Crippen molar-refractivity contribution in [1.82, 2.24) is 0 Å². The Morgan fingerprint density at radius 1 is 1.06 bits per heavy atom. The van der Waals surface area contributed by atoms with Crippen molar-refractivity contribution in [1.29, 1.82) is 0 Å². The van der Waals surface area contributed by atoms with Gasteiger partial charge in [-0.3, -0.25) is 10.1 Å². The zero-order chi connectivity index (χ0) is 12.5. The van der Waals surface area contributed by atoms with E-state index in [0.29, 0.717) is 18.6 Å². The molecule has 1 saturated carbocycles. The molecule has 0 aromatic carbocycles. The summed E-state index contributed by atoms with van der Waals surface area (Å²) in [6.45, 7) is 0. The minimum absolute atomic E-state index is 0.305. The summed E-state index contributed by atoms with van der Waals surface area (Å²) >= 11 is 0. The summed E-state index contributed by atoms with van der Waals surface area (Å²) in [7, 11) is 0. The van der Waals surface area contributed by atoms with Crippen molar-refractivity contribution in [3.8, 4) is 0 Å². The summed E-state index contributed by atoms with van der Waals surface area (Å²) in [5.41, 5.74) is 0.357. The molecule has 0 heterocycles. The molecular weight excluding hydrogens is 220 g/mol. The van der Waals surface area contributed by atoms with Crippen LogP contribution in [0.5, 0.6) is 0 Å². The van der Waals surface area contributed by atoms with Crippen LogP contribution < -0.4 is 0 Å². The smallest absolute Gasteiger partial charge is 0.254 e. The molecule has 0 aromatic heterocycles. The minimum Gasteiger partial charge on any atom is -0.411 e. The van der Waals surface area contributed by atoms with Gasteiger partial charge in [0.05, 0.1) is 0 Å². The van der Waals surface area contributed by atoms with Crippen LogP contribution in [0.4, 0.5) is 0 Å². The predicted octanol–water partition coefficient (Wildman–Crippen LogP) is 3.38. The van der Waals surface area contributed by atoms with Crippen molar-refractivity contribution in [2.24, 2.45) is 5.16 Å². The second kappa shape index (κ2) is 8.03. The molecule has 17 heavy (non-hydrogen) atoms. The van der Waals surface area contributed by atoms with E-state index in [2.05, 4.69) is 5.16 Å². The van der Waals surface area contributed by atoms with Crippen LogP contribution in [0.3, 0.4) is 0 Å². The highest BCUT2D eigenvalue weighted by molar-refractivity contribution is 5.87. The molecule has 1 fully saturated rings. The molecule has 0 aromatic rings. The maximum atomic E-state index is 11.0. The number of hydrogen-bond donors (Lipinski definition) is 1. The Morgan fingerprint density at radius 2 is 1.59 bits per heavy atom. The quantitative estimate of drug-likeness (QED) is 0.435. The number of nitro groups is 1. The van der Waals surface area contributed by atoms with Crippen molar-refractivity contribution >= 4 is 5.71 Å². The van der Waals surface area contributed by atoms with Crippen LogP contribution in [0.25, 0.3) is 0 Å². The Balaban J connectivity index is 2.58. The molecule has 0 bridgehead atoms. The lowest BCUT2D eigenvalue weighted by Crippen LogP contribution is -2.29. The van der Waals surface area contributed by atoms with Gasteiger partial charge in [0, 0.05) is 11.3 Å². The van der Waals surface area contributed by atoms with E-state index in [0.717, 1.165) is 32.1 Å². The number of nitrogens with zero attached hydrogens (tertiary/aromatic N) is 2. The maximum absolute atomic E-state index is 11.0. The van der Waals surface area contributed by atoms with Gasteiger partial charge in [-0.1, -0.05) is 43.7 Å². The van der Waals surface area contributed by atoms with E-state index in [-0.39, 0.29) is 4.92 Å². The first-order valence-corrected chi connectivity index (χ1v) is 6.60. The van der Waals surface area contributed by atoms with Gasteiger partial charge in [0.1, 0.15) is 5.71 Å². The van der Waals surface area contributed by atoms with Crippen LogP contribution in [0.15, 0.2) is 5.16 Å². The van der Waals surface area contributed by atoms with Crippen molar-refractivity contribution in [2.75, 3.05) is 0 Å². The summed E-state index contributed by atoms with van der Waals surface area (Å²) in [5.74, 6) is 0. The standard InChI is InChI=1S/C12H22N2O3/c15-13-11-9-7-5-3-1-2-4-6-8-10-12(11)14(16)17/h12,15H,1-10H2. The molecule has 98 valence electrons. The molecule has 1 atom stereocenters. The van der Waals surface area contributed by atoms with Gasteiger partial charge in [-0.2, -0.15) is 0 Å². The van der Waals surface area contributed by atoms with E-state index >= 15 is 0 Å². The summed E-state index contributed by atoms with van der Waals surface area (Å²) in [4.78, 5) is 10.6. The molecule has 0 saturated heterocycles. The summed E-state index contributed by atoms with van der Waals surface area (Å²) in [5, 5.41) is 23.0. The van der Waals surface area contributed by atoms with E-state index in [1.807, 2.05) is 0 Å². The van der Waals surface area contributed by atoms with Crippen LogP contribution in [-0.4, -0.2) is 21.9 Å². The first kappa shape index (κ1) is 13.9. The third-order valence-electron chi connectivity index (χ3n) is 3.43. The van der Waals surface area contributed by atoms with E-state index in [1.165, 1.54) is 19.3 Å². The maximum Gasteiger partial charge on any atom is 0.254 e. The van der Waals surface area contributed by atoms with Crippen LogP contribution in [-0.2, 0) is 0 Å². The average molecular weight is 242 g/mol. The van der Waals surface area contributed by atoms with Gasteiger partial charge in [0.25, 0.3) is 6.04 Å². The van der Waals surface area contributed by atoms with Gasteiger partial charge in [-0.05, 0) is 19.3 Å². The molecule has 0 spiro atoms. The third-order valence-corrected chi connectivity index (χ3v) is 3.43. The van der Waals surface area contributed by atoms with Crippen LogP contribution >= 0.6 is 0 Å². The fourth-order valence-electron chi connectivity index (χ4n) is 2.38. The molecule has 1 aliphatic carbocycles. The van der Waals surface area contributed by atoms with E-state index in [9.17, 15) is 10.1 Å². The molecule has 5 nitrogen and oxygen atoms in total. The molecule has 1 aliphatic rings. The molecule has 0 radical (unpaired) electrons. The van der Waals surface area contributed by atoms with Crippen LogP contribution in [0.1, 0.15) is 64.2 Å². The van der Waals surface area contributed by atoms with Gasteiger partial charge in [-0.15, -0.1) is 0 Å². The van der Waals surface area contributed by atoms with E-state index in [1.54, 1.807) is 0 Å². The Kier molecular flexibility index (Phi) is 6.58. The molecule has 1 rings (SSSR count). The Bertz CT molecular complexity index is 266. The number of hydrogen-bond acceptors (Lipinski definition) is 4. The zero-order valence-electron chi connectivity index (χ0n) is 10.3. The van der Waals surface area contributed by atoms with Gasteiger partial charge >= 0.3 is 0 Å². The third kappa shape index (κ3) is 5.15.